The summed E-state index contributed by atoms with van der Waals surface area (Å²) in [6, 6.07) is 5.82. The molecule has 1 heterocycles. The average Bonchev–Trinajstić information content (AvgIpc) is 2.92. The number of amides is 2. The number of rotatable bonds is 4. The SMILES string of the molecule is NC(=O)c1c(NC(=O)/C=C/c2ccc(F)cc2)sc2c1CCCC2. The van der Waals surface area contributed by atoms with Crippen molar-refractivity contribution in [2.75, 3.05) is 5.32 Å². The summed E-state index contributed by atoms with van der Waals surface area (Å²) in [7, 11) is 0. The standard InChI is InChI=1S/C18H17FN2O2S/c19-12-8-5-11(6-9-12)7-10-15(22)21-18-16(17(20)23)13-3-1-2-4-14(13)24-18/h5-10H,1-4H2,(H2,20,23)(H,21,22)/b10-7+. The largest absolute Gasteiger partial charge is 0.365 e. The molecular formula is C18H17FN2O2S. The normalized spacial score (nSPS) is 13.7. The molecule has 0 atom stereocenters. The highest BCUT2D eigenvalue weighted by Crippen LogP contribution is 2.37. The van der Waals surface area contributed by atoms with Crippen molar-refractivity contribution >= 4 is 34.2 Å². The van der Waals surface area contributed by atoms with Gasteiger partial charge in [0, 0.05) is 11.0 Å². The number of aryl methyl sites for hydroxylation is 1. The molecule has 3 rings (SSSR count). The van der Waals surface area contributed by atoms with E-state index in [0.29, 0.717) is 16.1 Å². The number of nitrogens with two attached hydrogens (primary N) is 1. The van der Waals surface area contributed by atoms with Gasteiger partial charge in [-0.25, -0.2) is 4.39 Å². The number of carbonyl (C=O) groups is 2. The lowest BCUT2D eigenvalue weighted by atomic mass is 9.95. The van der Waals surface area contributed by atoms with Gasteiger partial charge in [0.05, 0.1) is 5.56 Å². The Kier molecular flexibility index (Phi) is 4.76. The van der Waals surface area contributed by atoms with Crippen molar-refractivity contribution in [3.8, 4) is 0 Å². The number of hydrogen-bond acceptors (Lipinski definition) is 3. The van der Waals surface area contributed by atoms with Crippen LogP contribution in [0.15, 0.2) is 30.3 Å². The second-order valence-corrected chi connectivity index (χ2v) is 6.76. The Morgan fingerprint density at radius 2 is 1.88 bits per heavy atom. The van der Waals surface area contributed by atoms with Crippen LogP contribution < -0.4 is 11.1 Å². The molecule has 4 nitrogen and oxygen atoms in total. The number of fused-ring (bicyclic) bond motifs is 1. The van der Waals surface area contributed by atoms with Gasteiger partial charge in [-0.15, -0.1) is 11.3 Å². The lowest BCUT2D eigenvalue weighted by Crippen LogP contribution is -2.17. The second kappa shape index (κ2) is 6.97. The van der Waals surface area contributed by atoms with Crippen LogP contribution in [-0.4, -0.2) is 11.8 Å². The second-order valence-electron chi connectivity index (χ2n) is 5.65. The highest BCUT2D eigenvalue weighted by Gasteiger charge is 2.24. The van der Waals surface area contributed by atoms with Gasteiger partial charge in [-0.05, 0) is 55.0 Å². The van der Waals surface area contributed by atoms with E-state index in [0.717, 1.165) is 36.1 Å². The number of thiophene rings is 1. The molecule has 0 spiro atoms. The number of carbonyl (C=O) groups excluding carboxylic acids is 2. The zero-order valence-corrected chi connectivity index (χ0v) is 13.8. The van der Waals surface area contributed by atoms with E-state index in [1.807, 2.05) is 0 Å². The third kappa shape index (κ3) is 3.54. The van der Waals surface area contributed by atoms with Gasteiger partial charge in [-0.1, -0.05) is 12.1 Å². The summed E-state index contributed by atoms with van der Waals surface area (Å²) in [5, 5.41) is 3.27. The molecule has 0 saturated carbocycles. The molecule has 124 valence electrons. The van der Waals surface area contributed by atoms with Crippen molar-refractivity contribution in [1.82, 2.24) is 0 Å². The lowest BCUT2D eigenvalue weighted by molar-refractivity contribution is -0.111. The first-order valence-corrected chi connectivity index (χ1v) is 8.55. The maximum atomic E-state index is 12.9. The predicted octanol–water partition coefficient (Wildman–Crippen LogP) is 3.52. The van der Waals surface area contributed by atoms with Crippen LogP contribution in [0.2, 0.25) is 0 Å². The summed E-state index contributed by atoms with van der Waals surface area (Å²) in [6.45, 7) is 0. The molecule has 2 amide bonds. The zero-order chi connectivity index (χ0) is 17.1. The summed E-state index contributed by atoms with van der Waals surface area (Å²) >= 11 is 1.43. The van der Waals surface area contributed by atoms with Crippen molar-refractivity contribution in [2.24, 2.45) is 5.73 Å². The first-order chi connectivity index (χ1) is 11.5. The topological polar surface area (TPSA) is 72.2 Å². The molecule has 0 radical (unpaired) electrons. The monoisotopic (exact) mass is 344 g/mol. The van der Waals surface area contributed by atoms with Crippen molar-refractivity contribution in [2.45, 2.75) is 25.7 Å². The summed E-state index contributed by atoms with van der Waals surface area (Å²) in [5.74, 6) is -1.18. The molecule has 1 aliphatic carbocycles. The van der Waals surface area contributed by atoms with E-state index >= 15 is 0 Å². The molecule has 0 bridgehead atoms. The Balaban J connectivity index is 1.78. The molecule has 1 aromatic carbocycles. The van der Waals surface area contributed by atoms with E-state index < -0.39 is 5.91 Å². The molecule has 2 aromatic rings. The number of benzene rings is 1. The molecule has 6 heteroatoms. The van der Waals surface area contributed by atoms with E-state index in [9.17, 15) is 14.0 Å². The van der Waals surface area contributed by atoms with Gasteiger partial charge < -0.3 is 11.1 Å². The summed E-state index contributed by atoms with van der Waals surface area (Å²) in [6.07, 6.45) is 6.81. The predicted molar refractivity (Wildman–Crippen MR) is 93.5 cm³/mol. The number of halogens is 1. The molecule has 1 aliphatic rings. The Morgan fingerprint density at radius 3 is 2.58 bits per heavy atom. The summed E-state index contributed by atoms with van der Waals surface area (Å²) in [4.78, 5) is 25.0. The first kappa shape index (κ1) is 16.4. The van der Waals surface area contributed by atoms with Crippen LogP contribution in [0, 0.1) is 5.82 Å². The number of anilines is 1. The molecule has 0 fully saturated rings. The molecule has 3 N–H and O–H groups in total. The Bertz CT molecular complexity index is 809. The summed E-state index contributed by atoms with van der Waals surface area (Å²) < 4.78 is 12.9. The highest BCUT2D eigenvalue weighted by atomic mass is 32.1. The average molecular weight is 344 g/mol. The Hall–Kier alpha value is -2.47. The number of hydrogen-bond donors (Lipinski definition) is 2. The van der Waals surface area contributed by atoms with E-state index in [1.165, 1.54) is 29.5 Å². The Labute approximate surface area is 143 Å². The summed E-state index contributed by atoms with van der Waals surface area (Å²) in [5.41, 5.74) is 7.64. The molecule has 24 heavy (non-hydrogen) atoms. The van der Waals surface area contributed by atoms with Crippen molar-refractivity contribution in [1.29, 1.82) is 0 Å². The van der Waals surface area contributed by atoms with Gasteiger partial charge >= 0.3 is 0 Å². The molecule has 1 aromatic heterocycles. The van der Waals surface area contributed by atoms with Gasteiger partial charge in [0.15, 0.2) is 0 Å². The van der Waals surface area contributed by atoms with Crippen molar-refractivity contribution in [3.63, 3.8) is 0 Å². The van der Waals surface area contributed by atoms with Gasteiger partial charge in [0.2, 0.25) is 5.91 Å². The van der Waals surface area contributed by atoms with Gasteiger partial charge in [-0.2, -0.15) is 0 Å². The van der Waals surface area contributed by atoms with Crippen LogP contribution in [-0.2, 0) is 17.6 Å². The van der Waals surface area contributed by atoms with E-state index in [1.54, 1.807) is 18.2 Å². The first-order valence-electron chi connectivity index (χ1n) is 7.73. The van der Waals surface area contributed by atoms with Gasteiger partial charge in [-0.3, -0.25) is 9.59 Å². The maximum absolute atomic E-state index is 12.9. The van der Waals surface area contributed by atoms with Crippen molar-refractivity contribution in [3.05, 3.63) is 57.7 Å². The highest BCUT2D eigenvalue weighted by molar-refractivity contribution is 7.17. The lowest BCUT2D eigenvalue weighted by Gasteiger charge is -2.11. The van der Waals surface area contributed by atoms with Crippen LogP contribution in [0.4, 0.5) is 9.39 Å². The zero-order valence-electron chi connectivity index (χ0n) is 13.0. The third-order valence-electron chi connectivity index (χ3n) is 3.95. The van der Waals surface area contributed by atoms with Gasteiger partial charge in [0.25, 0.3) is 5.91 Å². The molecule has 0 unspecified atom stereocenters. The fraction of sp³-hybridized carbons (Fsp3) is 0.222. The molecule has 0 saturated heterocycles. The van der Waals surface area contributed by atoms with Crippen LogP contribution >= 0.6 is 11.3 Å². The van der Waals surface area contributed by atoms with Crippen LogP contribution in [0.1, 0.15) is 39.2 Å². The number of primary amides is 1. The minimum Gasteiger partial charge on any atom is -0.365 e. The van der Waals surface area contributed by atoms with Crippen LogP contribution in [0.3, 0.4) is 0 Å². The van der Waals surface area contributed by atoms with Crippen molar-refractivity contribution < 1.29 is 14.0 Å². The molecular weight excluding hydrogens is 327 g/mol. The van der Waals surface area contributed by atoms with E-state index in [2.05, 4.69) is 5.32 Å². The fourth-order valence-corrected chi connectivity index (χ4v) is 4.11. The quantitative estimate of drug-likeness (QED) is 0.833. The van der Waals surface area contributed by atoms with Crippen LogP contribution in [0.25, 0.3) is 6.08 Å². The minimum atomic E-state index is -0.507. The van der Waals surface area contributed by atoms with E-state index in [-0.39, 0.29) is 11.7 Å². The molecule has 0 aliphatic heterocycles. The maximum Gasteiger partial charge on any atom is 0.251 e. The van der Waals surface area contributed by atoms with Gasteiger partial charge in [0.1, 0.15) is 10.8 Å². The van der Waals surface area contributed by atoms with Crippen LogP contribution in [0.5, 0.6) is 0 Å². The Morgan fingerprint density at radius 1 is 1.17 bits per heavy atom. The minimum absolute atomic E-state index is 0.327. The van der Waals surface area contributed by atoms with E-state index in [4.69, 9.17) is 5.73 Å². The number of nitrogens with one attached hydrogen (secondary N) is 1. The third-order valence-corrected chi connectivity index (χ3v) is 5.16. The fourth-order valence-electron chi connectivity index (χ4n) is 2.81. The smallest absolute Gasteiger partial charge is 0.251 e.